The van der Waals surface area contributed by atoms with E-state index < -0.39 is 21.4 Å². The van der Waals surface area contributed by atoms with Crippen LogP contribution in [0.4, 0.5) is 4.39 Å². The molecule has 1 aromatic carbocycles. The van der Waals surface area contributed by atoms with Crippen molar-refractivity contribution >= 4 is 21.4 Å². The van der Waals surface area contributed by atoms with E-state index >= 15 is 0 Å². The van der Waals surface area contributed by atoms with Gasteiger partial charge in [0.05, 0.1) is 24.7 Å². The molecule has 0 aliphatic rings. The quantitative estimate of drug-likeness (QED) is 0.771. The number of sulfone groups is 1. The smallest absolute Gasteiger partial charge is 0.156 e. The van der Waals surface area contributed by atoms with E-state index in [2.05, 4.69) is 0 Å². The van der Waals surface area contributed by atoms with Crippen LogP contribution >= 0.6 is 11.6 Å². The molecule has 18 heavy (non-hydrogen) atoms. The highest BCUT2D eigenvalue weighted by Gasteiger charge is 2.17. The van der Waals surface area contributed by atoms with Crippen LogP contribution in [0.2, 0.25) is 5.02 Å². The minimum absolute atomic E-state index is 0.00186. The molecule has 0 aliphatic carbocycles. The van der Waals surface area contributed by atoms with E-state index in [1.54, 1.807) is 0 Å². The van der Waals surface area contributed by atoms with Gasteiger partial charge in [0.15, 0.2) is 9.84 Å². The molecule has 1 aromatic rings. The summed E-state index contributed by atoms with van der Waals surface area (Å²) < 4.78 is 41.9. The molecular formula is C11H15ClFNO3S. The lowest BCUT2D eigenvalue weighted by atomic mass is 10.2. The topological polar surface area (TPSA) is 69.4 Å². The van der Waals surface area contributed by atoms with Gasteiger partial charge in [0.25, 0.3) is 0 Å². The molecule has 0 aliphatic heterocycles. The average molecular weight is 296 g/mol. The first-order chi connectivity index (χ1) is 8.46. The van der Waals surface area contributed by atoms with Crippen molar-refractivity contribution in [1.29, 1.82) is 0 Å². The van der Waals surface area contributed by atoms with Crippen LogP contribution in [0.15, 0.2) is 18.2 Å². The van der Waals surface area contributed by atoms with E-state index in [0.717, 1.165) is 0 Å². The Bertz CT molecular complexity index is 473. The van der Waals surface area contributed by atoms with Gasteiger partial charge in [-0.1, -0.05) is 17.7 Å². The molecule has 1 rings (SSSR count). The van der Waals surface area contributed by atoms with Crippen LogP contribution in [0.25, 0.3) is 0 Å². The van der Waals surface area contributed by atoms with Crippen molar-refractivity contribution in [2.75, 3.05) is 25.5 Å². The van der Waals surface area contributed by atoms with E-state index in [-0.39, 0.29) is 22.9 Å². The minimum Gasteiger partial charge on any atom is -0.379 e. The number of nitrogens with two attached hydrogens (primary N) is 1. The van der Waals surface area contributed by atoms with Crippen LogP contribution in [0, 0.1) is 5.82 Å². The van der Waals surface area contributed by atoms with Crippen LogP contribution in [0.1, 0.15) is 5.56 Å². The molecular weight excluding hydrogens is 281 g/mol. The Morgan fingerprint density at radius 3 is 2.67 bits per heavy atom. The fourth-order valence-electron chi connectivity index (χ4n) is 1.33. The largest absolute Gasteiger partial charge is 0.379 e. The van der Waals surface area contributed by atoms with Gasteiger partial charge >= 0.3 is 0 Å². The SMILES string of the molecule is NCCOCCS(=O)(=O)Cc1c(F)cccc1Cl. The molecule has 0 spiro atoms. The Balaban J connectivity index is 2.65. The van der Waals surface area contributed by atoms with E-state index in [9.17, 15) is 12.8 Å². The van der Waals surface area contributed by atoms with E-state index in [0.29, 0.717) is 13.2 Å². The second-order valence-corrected chi connectivity index (χ2v) is 6.28. The van der Waals surface area contributed by atoms with Gasteiger partial charge in [-0.05, 0) is 12.1 Å². The zero-order chi connectivity index (χ0) is 13.6. The van der Waals surface area contributed by atoms with E-state index in [1.807, 2.05) is 0 Å². The van der Waals surface area contributed by atoms with Gasteiger partial charge in [0.2, 0.25) is 0 Å². The lowest BCUT2D eigenvalue weighted by Gasteiger charge is -2.07. The molecule has 102 valence electrons. The first-order valence-corrected chi connectivity index (χ1v) is 7.57. The lowest BCUT2D eigenvalue weighted by molar-refractivity contribution is 0.157. The maximum atomic E-state index is 13.4. The zero-order valence-electron chi connectivity index (χ0n) is 9.73. The molecule has 0 unspecified atom stereocenters. The number of rotatable bonds is 7. The van der Waals surface area contributed by atoms with Gasteiger partial charge in [-0.25, -0.2) is 12.8 Å². The summed E-state index contributed by atoms with van der Waals surface area (Å²) in [5.74, 6) is -1.23. The van der Waals surface area contributed by atoms with Crippen LogP contribution in [-0.2, 0) is 20.3 Å². The Hall–Kier alpha value is -0.690. The summed E-state index contributed by atoms with van der Waals surface area (Å²) in [7, 11) is -3.45. The average Bonchev–Trinajstić information content (AvgIpc) is 2.30. The van der Waals surface area contributed by atoms with E-state index in [4.69, 9.17) is 22.1 Å². The molecule has 0 bridgehead atoms. The molecule has 2 N–H and O–H groups in total. The Morgan fingerprint density at radius 1 is 1.33 bits per heavy atom. The Kier molecular flexibility index (Phi) is 6.01. The standard InChI is InChI=1S/C11H15ClFNO3S/c12-10-2-1-3-11(13)9(10)8-18(15,16)7-6-17-5-4-14/h1-3H,4-8,14H2. The second-order valence-electron chi connectivity index (χ2n) is 3.69. The van der Waals surface area contributed by atoms with Crippen molar-refractivity contribution in [2.45, 2.75) is 5.75 Å². The van der Waals surface area contributed by atoms with Crippen molar-refractivity contribution in [1.82, 2.24) is 0 Å². The molecule has 0 heterocycles. The van der Waals surface area contributed by atoms with Crippen LogP contribution in [-0.4, -0.2) is 33.9 Å². The van der Waals surface area contributed by atoms with Crippen LogP contribution in [0.3, 0.4) is 0 Å². The highest BCUT2D eigenvalue weighted by atomic mass is 35.5. The minimum atomic E-state index is -3.45. The summed E-state index contributed by atoms with van der Waals surface area (Å²) >= 11 is 5.77. The second kappa shape index (κ2) is 7.04. The number of hydrogen-bond acceptors (Lipinski definition) is 4. The highest BCUT2D eigenvalue weighted by Crippen LogP contribution is 2.21. The summed E-state index contributed by atoms with van der Waals surface area (Å²) in [6, 6.07) is 4.07. The highest BCUT2D eigenvalue weighted by molar-refractivity contribution is 7.90. The zero-order valence-corrected chi connectivity index (χ0v) is 11.3. The van der Waals surface area contributed by atoms with Crippen molar-refractivity contribution in [3.63, 3.8) is 0 Å². The van der Waals surface area contributed by atoms with Crippen molar-refractivity contribution in [3.8, 4) is 0 Å². The summed E-state index contributed by atoms with van der Waals surface area (Å²) in [6.45, 7) is 0.681. The number of hydrogen-bond donors (Lipinski definition) is 1. The molecule has 0 aromatic heterocycles. The molecule has 0 fully saturated rings. The predicted molar refractivity (Wildman–Crippen MR) is 68.8 cm³/mol. The maximum Gasteiger partial charge on any atom is 0.156 e. The summed E-state index contributed by atoms with van der Waals surface area (Å²) in [4.78, 5) is 0. The number of halogens is 2. The third-order valence-electron chi connectivity index (χ3n) is 2.23. The predicted octanol–water partition coefficient (Wildman–Crippen LogP) is 1.37. The number of ether oxygens (including phenoxy) is 1. The third kappa shape index (κ3) is 4.89. The van der Waals surface area contributed by atoms with Gasteiger partial charge < -0.3 is 10.5 Å². The molecule has 4 nitrogen and oxygen atoms in total. The van der Waals surface area contributed by atoms with E-state index in [1.165, 1.54) is 18.2 Å². The summed E-state index contributed by atoms with van der Waals surface area (Å²) in [5, 5.41) is 0.112. The van der Waals surface area contributed by atoms with Crippen LogP contribution in [0.5, 0.6) is 0 Å². The maximum absolute atomic E-state index is 13.4. The van der Waals surface area contributed by atoms with Crippen molar-refractivity contribution in [2.24, 2.45) is 5.73 Å². The van der Waals surface area contributed by atoms with Gasteiger partial charge in [0, 0.05) is 17.1 Å². The molecule has 0 atom stereocenters. The first-order valence-electron chi connectivity index (χ1n) is 5.37. The van der Waals surface area contributed by atoms with Gasteiger partial charge in [-0.2, -0.15) is 0 Å². The monoisotopic (exact) mass is 295 g/mol. The summed E-state index contributed by atoms with van der Waals surface area (Å²) in [6.07, 6.45) is 0. The Morgan fingerprint density at radius 2 is 2.06 bits per heavy atom. The molecule has 0 amide bonds. The molecule has 0 saturated heterocycles. The normalized spacial score (nSPS) is 11.7. The van der Waals surface area contributed by atoms with Crippen molar-refractivity contribution in [3.05, 3.63) is 34.6 Å². The van der Waals surface area contributed by atoms with Crippen molar-refractivity contribution < 1.29 is 17.5 Å². The van der Waals surface area contributed by atoms with Crippen LogP contribution < -0.4 is 5.73 Å². The third-order valence-corrected chi connectivity index (χ3v) is 4.10. The molecule has 7 heteroatoms. The lowest BCUT2D eigenvalue weighted by Crippen LogP contribution is -2.17. The van der Waals surface area contributed by atoms with Gasteiger partial charge in [0.1, 0.15) is 5.82 Å². The summed E-state index contributed by atoms with van der Waals surface area (Å²) in [5.41, 5.74) is 5.20. The van der Waals surface area contributed by atoms with Gasteiger partial charge in [-0.15, -0.1) is 0 Å². The fraction of sp³-hybridized carbons (Fsp3) is 0.455. The molecule has 0 radical (unpaired) electrons. The fourth-order valence-corrected chi connectivity index (χ4v) is 2.89. The number of benzene rings is 1. The first kappa shape index (κ1) is 15.4. The molecule has 0 saturated carbocycles. The Labute approximate surface area is 111 Å². The van der Waals surface area contributed by atoms with Gasteiger partial charge in [-0.3, -0.25) is 0 Å².